The molecule has 1 fully saturated rings. The van der Waals surface area contributed by atoms with E-state index in [4.69, 9.17) is 0 Å². The number of nitrogens with one attached hydrogen (secondary N) is 2. The van der Waals surface area contributed by atoms with Gasteiger partial charge in [0.1, 0.15) is 5.92 Å². The number of hydrogen-bond donors (Lipinski definition) is 3. The minimum absolute atomic E-state index is 0.333. The van der Waals surface area contributed by atoms with Gasteiger partial charge in [-0.3, -0.25) is 9.78 Å². The van der Waals surface area contributed by atoms with Gasteiger partial charge in [0.05, 0.1) is 11.6 Å². The van der Waals surface area contributed by atoms with Gasteiger partial charge in [0, 0.05) is 18.0 Å². The lowest BCUT2D eigenvalue weighted by Gasteiger charge is -2.45. The van der Waals surface area contributed by atoms with Crippen LogP contribution >= 0.6 is 0 Å². The van der Waals surface area contributed by atoms with Crippen molar-refractivity contribution >= 4 is 11.8 Å². The summed E-state index contributed by atoms with van der Waals surface area (Å²) in [6, 6.07) is 2.10. The van der Waals surface area contributed by atoms with E-state index in [0.29, 0.717) is 12.1 Å². The summed E-state index contributed by atoms with van der Waals surface area (Å²) in [5.74, 6) is -3.72. The topological polar surface area (TPSA) is 91.3 Å². The summed E-state index contributed by atoms with van der Waals surface area (Å²) in [7, 11) is 0. The van der Waals surface area contributed by atoms with Crippen LogP contribution in [0.25, 0.3) is 0 Å². The minimum Gasteiger partial charge on any atom is -0.363 e. The highest BCUT2D eigenvalue weighted by Crippen LogP contribution is 2.44. The van der Waals surface area contributed by atoms with Gasteiger partial charge in [-0.05, 0) is 29.8 Å². The number of ketones is 1. The average Bonchev–Trinajstić information content (AvgIpc) is 2.66. The highest BCUT2D eigenvalue weighted by molar-refractivity contribution is 6.00. The number of Topliss-reactive ketones (excluding diaryl/α,β-unsaturated/α-hetero) is 1. The molecule has 3 rings (SSSR count). The number of rotatable bonds is 3. The monoisotopic (exact) mass is 433 g/mol. The van der Waals surface area contributed by atoms with Crippen LogP contribution in [0.15, 0.2) is 48.8 Å². The molecule has 1 aromatic heterocycles. The zero-order valence-corrected chi connectivity index (χ0v) is 14.8. The Kier molecular flexibility index (Phi) is 5.23. The largest absolute Gasteiger partial charge is 0.437 e. The van der Waals surface area contributed by atoms with Gasteiger partial charge in [0.15, 0.2) is 5.78 Å². The van der Waals surface area contributed by atoms with Crippen molar-refractivity contribution in [1.29, 1.82) is 0 Å². The third kappa shape index (κ3) is 3.82. The number of amides is 2. The lowest BCUT2D eigenvalue weighted by molar-refractivity contribution is -0.287. The number of urea groups is 1. The van der Waals surface area contributed by atoms with Crippen LogP contribution in [-0.4, -0.2) is 33.8 Å². The predicted molar refractivity (Wildman–Crippen MR) is 88.9 cm³/mol. The number of aliphatic hydroxyl groups is 1. The van der Waals surface area contributed by atoms with E-state index in [2.05, 4.69) is 4.98 Å². The van der Waals surface area contributed by atoms with E-state index in [9.17, 15) is 41.0 Å². The fourth-order valence-corrected chi connectivity index (χ4v) is 3.21. The summed E-state index contributed by atoms with van der Waals surface area (Å²) in [5.41, 5.74) is -6.01. The molecular formula is C18H13F6N3O3. The van der Waals surface area contributed by atoms with Crippen LogP contribution in [0.5, 0.6) is 0 Å². The van der Waals surface area contributed by atoms with Crippen molar-refractivity contribution in [2.24, 2.45) is 5.92 Å². The Labute approximate surface area is 164 Å². The van der Waals surface area contributed by atoms with Crippen LogP contribution in [0, 0.1) is 5.92 Å². The van der Waals surface area contributed by atoms with Crippen molar-refractivity contribution in [3.8, 4) is 0 Å². The smallest absolute Gasteiger partial charge is 0.363 e. The molecule has 6 nitrogen and oxygen atoms in total. The Balaban J connectivity index is 2.18. The third-order valence-corrected chi connectivity index (χ3v) is 4.61. The molecule has 2 amide bonds. The molecule has 0 radical (unpaired) electrons. The standard InChI is InChI=1S/C18H13F6N3O3/c19-17(20,21)11-5-1-3-9(7-11)13-12(14(28)10-4-2-6-25-8-10)16(30,18(22,23)24)27-15(29)26-13/h1-8,12-13,30H,(H2,26,27,29)/t12-,13-,16+/m1/s1. The van der Waals surface area contributed by atoms with Crippen molar-refractivity contribution in [2.45, 2.75) is 24.1 Å². The Bertz CT molecular complexity index is 964. The molecule has 0 spiro atoms. The summed E-state index contributed by atoms with van der Waals surface area (Å²) >= 11 is 0. The normalized spacial score (nSPS) is 24.7. The maximum Gasteiger partial charge on any atom is 0.437 e. The zero-order chi connectivity index (χ0) is 22.3. The predicted octanol–water partition coefficient (Wildman–Crippen LogP) is 3.20. The van der Waals surface area contributed by atoms with Gasteiger partial charge >= 0.3 is 18.4 Å². The molecule has 3 atom stereocenters. The van der Waals surface area contributed by atoms with E-state index in [-0.39, 0.29) is 5.56 Å². The molecule has 2 aromatic rings. The van der Waals surface area contributed by atoms with Crippen LogP contribution in [0.4, 0.5) is 31.1 Å². The Morgan fingerprint density at radius 3 is 2.37 bits per heavy atom. The van der Waals surface area contributed by atoms with Crippen LogP contribution in [0.1, 0.15) is 27.5 Å². The molecule has 1 aliphatic heterocycles. The van der Waals surface area contributed by atoms with Gasteiger partial charge in [-0.25, -0.2) is 4.79 Å². The second-order valence-electron chi connectivity index (χ2n) is 6.55. The van der Waals surface area contributed by atoms with E-state index < -0.39 is 53.0 Å². The van der Waals surface area contributed by atoms with Crippen LogP contribution in [0.3, 0.4) is 0 Å². The molecule has 0 saturated carbocycles. The van der Waals surface area contributed by atoms with E-state index in [1.54, 1.807) is 0 Å². The maximum atomic E-state index is 13.7. The molecule has 0 bridgehead atoms. The number of carbonyl (C=O) groups excluding carboxylic acids is 2. The Morgan fingerprint density at radius 2 is 1.80 bits per heavy atom. The fraction of sp³-hybridized carbons (Fsp3) is 0.278. The van der Waals surface area contributed by atoms with Gasteiger partial charge in [-0.2, -0.15) is 26.3 Å². The molecular weight excluding hydrogens is 420 g/mol. The van der Waals surface area contributed by atoms with Crippen molar-refractivity contribution in [3.05, 3.63) is 65.5 Å². The maximum absolute atomic E-state index is 13.7. The van der Waals surface area contributed by atoms with Crippen molar-refractivity contribution < 1.29 is 41.0 Å². The van der Waals surface area contributed by atoms with E-state index in [1.165, 1.54) is 17.6 Å². The molecule has 1 aromatic carbocycles. The second kappa shape index (κ2) is 7.27. The average molecular weight is 433 g/mol. The number of pyridine rings is 1. The van der Waals surface area contributed by atoms with Gasteiger partial charge in [0.25, 0.3) is 0 Å². The molecule has 30 heavy (non-hydrogen) atoms. The molecule has 3 N–H and O–H groups in total. The number of benzene rings is 1. The summed E-state index contributed by atoms with van der Waals surface area (Å²) in [4.78, 5) is 28.4. The number of hydrogen-bond acceptors (Lipinski definition) is 4. The number of aromatic nitrogens is 1. The van der Waals surface area contributed by atoms with Crippen LogP contribution < -0.4 is 10.6 Å². The molecule has 1 aliphatic rings. The molecule has 0 unspecified atom stereocenters. The lowest BCUT2D eigenvalue weighted by Crippen LogP contribution is -2.72. The van der Waals surface area contributed by atoms with E-state index >= 15 is 0 Å². The molecule has 12 heteroatoms. The Morgan fingerprint density at radius 1 is 1.10 bits per heavy atom. The first-order chi connectivity index (χ1) is 13.8. The van der Waals surface area contributed by atoms with Crippen molar-refractivity contribution in [3.63, 3.8) is 0 Å². The number of alkyl halides is 6. The number of carbonyl (C=O) groups is 2. The van der Waals surface area contributed by atoms with Crippen molar-refractivity contribution in [2.75, 3.05) is 0 Å². The van der Waals surface area contributed by atoms with E-state index in [0.717, 1.165) is 24.4 Å². The fourth-order valence-electron chi connectivity index (χ4n) is 3.21. The summed E-state index contributed by atoms with van der Waals surface area (Å²) < 4.78 is 80.4. The van der Waals surface area contributed by atoms with Gasteiger partial charge in [0.2, 0.25) is 5.72 Å². The molecule has 2 heterocycles. The van der Waals surface area contributed by atoms with Crippen LogP contribution in [-0.2, 0) is 6.18 Å². The summed E-state index contributed by atoms with van der Waals surface area (Å²) in [6.07, 6.45) is -8.15. The lowest BCUT2D eigenvalue weighted by atomic mass is 9.77. The van der Waals surface area contributed by atoms with Gasteiger partial charge in [-0.15, -0.1) is 0 Å². The molecule has 160 valence electrons. The summed E-state index contributed by atoms with van der Waals surface area (Å²) in [5, 5.41) is 13.7. The SMILES string of the molecule is O=C1N[C@H](c2cccc(C(F)(F)F)c2)[C@H](C(=O)c2cccnc2)[C@](O)(C(F)(F)F)N1. The second-order valence-corrected chi connectivity index (χ2v) is 6.55. The number of nitrogens with zero attached hydrogens (tertiary/aromatic N) is 1. The van der Waals surface area contributed by atoms with Gasteiger partial charge in [-0.1, -0.05) is 12.1 Å². The first kappa shape index (κ1) is 21.6. The zero-order valence-electron chi connectivity index (χ0n) is 14.8. The molecule has 0 aliphatic carbocycles. The third-order valence-electron chi connectivity index (χ3n) is 4.61. The van der Waals surface area contributed by atoms with Crippen LogP contribution in [0.2, 0.25) is 0 Å². The summed E-state index contributed by atoms with van der Waals surface area (Å²) in [6.45, 7) is 0. The van der Waals surface area contributed by atoms with Crippen molar-refractivity contribution in [1.82, 2.24) is 15.6 Å². The first-order valence-electron chi connectivity index (χ1n) is 8.34. The first-order valence-corrected chi connectivity index (χ1v) is 8.34. The van der Waals surface area contributed by atoms with Gasteiger partial charge < -0.3 is 15.7 Å². The minimum atomic E-state index is -5.52. The Hall–Kier alpha value is -3.15. The molecule has 1 saturated heterocycles. The highest BCUT2D eigenvalue weighted by atomic mass is 19.4. The number of halogens is 6. The quantitative estimate of drug-likeness (QED) is 0.512. The van der Waals surface area contributed by atoms with E-state index in [1.807, 2.05) is 5.32 Å². The highest BCUT2D eigenvalue weighted by Gasteiger charge is 2.66.